The van der Waals surface area contributed by atoms with Crippen molar-refractivity contribution in [1.29, 1.82) is 0 Å². The molecule has 0 spiro atoms. The number of hydrogen-bond acceptors (Lipinski definition) is 2. The van der Waals surface area contributed by atoms with Gasteiger partial charge >= 0.3 is 0 Å². The van der Waals surface area contributed by atoms with Crippen molar-refractivity contribution in [3.05, 3.63) is 36.9 Å². The molecule has 15 heavy (non-hydrogen) atoms. The zero-order valence-electron chi connectivity index (χ0n) is 9.15. The molecule has 1 rings (SSSR count). The molecule has 0 fully saturated rings. The molecule has 0 aliphatic heterocycles. The molecule has 0 unspecified atom stereocenters. The number of ether oxygens (including phenoxy) is 1. The van der Waals surface area contributed by atoms with Gasteiger partial charge in [-0.1, -0.05) is 19.1 Å². The Morgan fingerprint density at radius 2 is 2.20 bits per heavy atom. The van der Waals surface area contributed by atoms with Crippen molar-refractivity contribution in [2.75, 3.05) is 13.1 Å². The van der Waals surface area contributed by atoms with Gasteiger partial charge in [-0.05, 0) is 37.2 Å². The van der Waals surface area contributed by atoms with E-state index in [1.165, 1.54) is 5.56 Å². The molecule has 0 N–H and O–H groups in total. The molecule has 0 heterocycles. The van der Waals surface area contributed by atoms with Crippen LogP contribution in [0.3, 0.4) is 0 Å². The van der Waals surface area contributed by atoms with E-state index >= 15 is 0 Å². The van der Waals surface area contributed by atoms with E-state index in [-0.39, 0.29) is 32.7 Å². The summed E-state index contributed by atoms with van der Waals surface area (Å²) in [5.74, 6) is 0.794. The smallest absolute Gasteiger partial charge is 0.182 e. The minimum absolute atomic E-state index is 0. The van der Waals surface area contributed by atoms with Gasteiger partial charge in [0.2, 0.25) is 0 Å². The summed E-state index contributed by atoms with van der Waals surface area (Å²) in [7, 11) is 9.05. The van der Waals surface area contributed by atoms with E-state index in [4.69, 9.17) is 12.7 Å². The Bertz CT molecular complexity index is 283. The third-order valence-corrected chi connectivity index (χ3v) is 2.16. The van der Waals surface area contributed by atoms with E-state index in [1.54, 1.807) is 4.81 Å². The molecule has 0 saturated heterocycles. The molecule has 0 amide bonds. The number of benzene rings is 1. The second-order valence-electron chi connectivity index (χ2n) is 3.17. The van der Waals surface area contributed by atoms with Crippen LogP contribution in [0.4, 0.5) is 0 Å². The Balaban J connectivity index is 0.00000196. The van der Waals surface area contributed by atoms with E-state index in [1.807, 2.05) is 25.1 Å². The average Bonchev–Trinajstić information content (AvgIpc) is 2.26. The summed E-state index contributed by atoms with van der Waals surface area (Å²) < 4.78 is 4.89. The molecule has 4 heteroatoms. The SMILES string of the molecule is [B]N(CC)CCc1cccc(O[CH2-])c1.[Y]. The van der Waals surface area contributed by atoms with Gasteiger partial charge in [-0.25, -0.2) is 0 Å². The fraction of sp³-hybridized carbons (Fsp3) is 0.364. The van der Waals surface area contributed by atoms with Gasteiger partial charge in [-0.2, -0.15) is 7.11 Å². The van der Waals surface area contributed by atoms with Gasteiger partial charge in [0.15, 0.2) is 7.98 Å². The first-order chi connectivity index (χ1) is 6.76. The van der Waals surface area contributed by atoms with Crippen molar-refractivity contribution < 1.29 is 37.4 Å². The minimum Gasteiger partial charge on any atom is -0.665 e. The summed E-state index contributed by atoms with van der Waals surface area (Å²) in [5.41, 5.74) is 1.22. The molecule has 1 aromatic carbocycles. The van der Waals surface area contributed by atoms with Gasteiger partial charge in [0.25, 0.3) is 0 Å². The fourth-order valence-corrected chi connectivity index (χ4v) is 1.22. The van der Waals surface area contributed by atoms with Gasteiger partial charge < -0.3 is 9.55 Å². The maximum Gasteiger partial charge on any atom is 0.182 e. The maximum atomic E-state index is 5.68. The van der Waals surface area contributed by atoms with Gasteiger partial charge in [-0.15, -0.1) is 0 Å². The fourth-order valence-electron chi connectivity index (χ4n) is 1.22. The van der Waals surface area contributed by atoms with Crippen molar-refractivity contribution in [3.8, 4) is 5.75 Å². The van der Waals surface area contributed by atoms with Crippen LogP contribution in [0, 0.1) is 7.11 Å². The molecule has 0 aliphatic rings. The van der Waals surface area contributed by atoms with E-state index in [0.717, 1.165) is 25.3 Å². The van der Waals surface area contributed by atoms with Gasteiger partial charge in [0.1, 0.15) is 0 Å². The third-order valence-electron chi connectivity index (χ3n) is 2.16. The Morgan fingerprint density at radius 1 is 1.47 bits per heavy atom. The normalized spacial score (nSPS) is 9.80. The van der Waals surface area contributed by atoms with E-state index < -0.39 is 0 Å². The molecular formula is C11H15BNOY-. The second kappa shape index (κ2) is 8.32. The Labute approximate surface area is 119 Å². The largest absolute Gasteiger partial charge is 0.665 e. The number of rotatable bonds is 5. The van der Waals surface area contributed by atoms with E-state index in [0.29, 0.717) is 0 Å². The summed E-state index contributed by atoms with van der Waals surface area (Å²) in [6.07, 6.45) is 0.932. The first-order valence-corrected chi connectivity index (χ1v) is 4.77. The Morgan fingerprint density at radius 3 is 2.80 bits per heavy atom. The predicted molar refractivity (Wildman–Crippen MR) is 59.1 cm³/mol. The molecule has 0 saturated carbocycles. The van der Waals surface area contributed by atoms with Crippen LogP contribution in [0.15, 0.2) is 24.3 Å². The van der Waals surface area contributed by atoms with Crippen LogP contribution in [0.5, 0.6) is 5.75 Å². The minimum atomic E-state index is 0. The number of likely N-dealkylation sites (N-methyl/N-ethyl adjacent to an activating group) is 1. The van der Waals surface area contributed by atoms with Crippen molar-refractivity contribution in [3.63, 3.8) is 0 Å². The van der Waals surface area contributed by atoms with Crippen molar-refractivity contribution in [2.45, 2.75) is 13.3 Å². The summed E-state index contributed by atoms with van der Waals surface area (Å²) in [4.78, 5) is 1.79. The van der Waals surface area contributed by atoms with Gasteiger partial charge in [-0.3, -0.25) is 0 Å². The molecule has 1 aromatic rings. The zero-order valence-corrected chi connectivity index (χ0v) is 12.0. The molecule has 3 radical (unpaired) electrons. The van der Waals surface area contributed by atoms with Gasteiger partial charge in [0.05, 0.1) is 5.75 Å². The first-order valence-electron chi connectivity index (χ1n) is 4.77. The summed E-state index contributed by atoms with van der Waals surface area (Å²) in [6, 6.07) is 7.89. The zero-order chi connectivity index (χ0) is 10.4. The predicted octanol–water partition coefficient (Wildman–Crippen LogP) is 1.80. The Hall–Kier alpha value is 0.149. The van der Waals surface area contributed by atoms with Crippen molar-refractivity contribution >= 4 is 7.98 Å². The van der Waals surface area contributed by atoms with Gasteiger partial charge in [0, 0.05) is 32.7 Å². The van der Waals surface area contributed by atoms with E-state index in [9.17, 15) is 0 Å². The number of hydrogen-bond donors (Lipinski definition) is 0. The molecule has 0 aliphatic carbocycles. The summed E-state index contributed by atoms with van der Waals surface area (Å²) >= 11 is 0. The third kappa shape index (κ3) is 5.70. The summed E-state index contributed by atoms with van der Waals surface area (Å²) in [5, 5.41) is 0. The quantitative estimate of drug-likeness (QED) is 0.601. The molecule has 0 aromatic heterocycles. The second-order valence-corrected chi connectivity index (χ2v) is 3.17. The van der Waals surface area contributed by atoms with Crippen LogP contribution in [0.1, 0.15) is 12.5 Å². The molecule has 0 bridgehead atoms. The van der Waals surface area contributed by atoms with Crippen LogP contribution in [-0.4, -0.2) is 25.9 Å². The monoisotopic (exact) mass is 277 g/mol. The Kier molecular flexibility index (Phi) is 8.40. The van der Waals surface area contributed by atoms with Crippen LogP contribution < -0.4 is 4.74 Å². The van der Waals surface area contributed by atoms with Crippen LogP contribution >= 0.6 is 0 Å². The maximum absolute atomic E-state index is 5.68. The van der Waals surface area contributed by atoms with Crippen molar-refractivity contribution in [2.24, 2.45) is 0 Å². The van der Waals surface area contributed by atoms with Crippen LogP contribution in [-0.2, 0) is 39.1 Å². The molecule has 2 nitrogen and oxygen atoms in total. The first kappa shape index (κ1) is 15.1. The van der Waals surface area contributed by atoms with E-state index in [2.05, 4.69) is 13.2 Å². The van der Waals surface area contributed by atoms with Crippen LogP contribution in [0.2, 0.25) is 0 Å². The standard InChI is InChI=1S/C11H15BNO.Y/c1-3-13(12)8-7-10-5-4-6-11(9-10)14-2;/h4-6,9H,2-3,7-8H2,1H3;/q-1;. The van der Waals surface area contributed by atoms with Crippen LogP contribution in [0.25, 0.3) is 0 Å². The summed E-state index contributed by atoms with van der Waals surface area (Å²) in [6.45, 7) is 3.76. The topological polar surface area (TPSA) is 12.5 Å². The molecule has 77 valence electrons. The molecular weight excluding hydrogens is 262 g/mol. The van der Waals surface area contributed by atoms with Crippen molar-refractivity contribution in [1.82, 2.24) is 4.81 Å². The number of nitrogens with zero attached hydrogens (tertiary/aromatic N) is 1. The average molecular weight is 277 g/mol. The molecule has 0 atom stereocenters.